The summed E-state index contributed by atoms with van der Waals surface area (Å²) in [7, 11) is 0. The van der Waals surface area contributed by atoms with Crippen molar-refractivity contribution in [1.29, 1.82) is 0 Å². The smallest absolute Gasteiger partial charge is 0.478 e. The molecule has 0 aromatic heterocycles. The third-order valence-corrected chi connectivity index (χ3v) is 1.47. The normalized spacial score (nSPS) is 8.53. The Kier molecular flexibility index (Phi) is 5.75. The summed E-state index contributed by atoms with van der Waals surface area (Å²) in [4.78, 5) is 32.5. The van der Waals surface area contributed by atoms with Gasteiger partial charge in [-0.2, -0.15) is 5.26 Å². The van der Waals surface area contributed by atoms with E-state index in [1.165, 1.54) is 24.3 Å². The second-order valence-electron chi connectivity index (χ2n) is 2.51. The van der Waals surface area contributed by atoms with Gasteiger partial charge in [0.15, 0.2) is 0 Å². The Labute approximate surface area is 94.2 Å². The van der Waals surface area contributed by atoms with Crippen LogP contribution in [-0.2, 0) is 4.89 Å². The number of carbonyl (C=O) groups is 3. The second-order valence-corrected chi connectivity index (χ2v) is 2.51. The zero-order valence-corrected chi connectivity index (χ0v) is 8.23. The number of carboxylic acids is 2. The van der Waals surface area contributed by atoms with Gasteiger partial charge in [-0.1, -0.05) is 12.1 Å². The monoisotopic (exact) mass is 244 g/mol. The molecule has 1 aromatic carbocycles. The van der Waals surface area contributed by atoms with Crippen molar-refractivity contribution in [3.63, 3.8) is 0 Å². The Balaban J connectivity index is 0.000000437. The van der Waals surface area contributed by atoms with Crippen LogP contribution in [0.1, 0.15) is 20.7 Å². The number of rotatable bonds is 2. The highest BCUT2D eigenvalue weighted by molar-refractivity contribution is 6.01. The lowest BCUT2D eigenvalue weighted by Crippen LogP contribution is -2.06. The fourth-order valence-electron chi connectivity index (χ4n) is 0.856. The molecule has 0 atom stereocenters. The van der Waals surface area contributed by atoms with Crippen molar-refractivity contribution in [3.05, 3.63) is 35.4 Å². The van der Waals surface area contributed by atoms with Crippen LogP contribution in [0.5, 0.6) is 0 Å². The average molecular weight is 244 g/mol. The highest BCUT2D eigenvalue weighted by atomic mass is 17.1. The molecule has 0 amide bonds. The number of aromatic carboxylic acids is 2. The van der Waals surface area contributed by atoms with Crippen molar-refractivity contribution in [1.82, 2.24) is 0 Å². The maximum Gasteiger partial charge on any atom is 0.537 e. The molecule has 8 nitrogen and oxygen atoms in total. The number of hydrogen-bond acceptors (Lipinski definition) is 5. The molecule has 0 saturated carbocycles. The minimum atomic E-state index is -1.69. The predicted molar refractivity (Wildman–Crippen MR) is 52.1 cm³/mol. The van der Waals surface area contributed by atoms with Gasteiger partial charge in [0.05, 0.1) is 11.1 Å². The summed E-state index contributed by atoms with van der Waals surface area (Å²) in [6, 6.07) is 5.48. The lowest BCUT2D eigenvalue weighted by atomic mass is 10.1. The molecule has 17 heavy (non-hydrogen) atoms. The van der Waals surface area contributed by atoms with Crippen molar-refractivity contribution in [3.8, 4) is 0 Å². The summed E-state index contributed by atoms with van der Waals surface area (Å²) in [5.74, 6) is -2.46. The minimum absolute atomic E-state index is 0.190. The summed E-state index contributed by atoms with van der Waals surface area (Å²) in [6.07, 6.45) is -1.69. The Bertz CT molecular complexity index is 392. The first kappa shape index (κ1) is 14.4. The Hall–Kier alpha value is -2.61. The van der Waals surface area contributed by atoms with Crippen molar-refractivity contribution in [2.45, 2.75) is 0 Å². The minimum Gasteiger partial charge on any atom is -0.478 e. The molecule has 1 aromatic rings. The van der Waals surface area contributed by atoms with E-state index >= 15 is 0 Å². The molecular weight excluding hydrogens is 236 g/mol. The first-order chi connectivity index (χ1) is 7.90. The first-order valence-corrected chi connectivity index (χ1v) is 4.00. The van der Waals surface area contributed by atoms with E-state index in [1.54, 1.807) is 0 Å². The predicted octanol–water partition coefficient (Wildman–Crippen LogP) is 1.24. The van der Waals surface area contributed by atoms with Crippen LogP contribution in [0.4, 0.5) is 4.79 Å². The zero-order valence-electron chi connectivity index (χ0n) is 8.23. The molecule has 0 spiro atoms. The van der Waals surface area contributed by atoms with Crippen LogP contribution in [0.25, 0.3) is 0 Å². The molecule has 0 saturated heterocycles. The summed E-state index contributed by atoms with van der Waals surface area (Å²) < 4.78 is 0. The molecule has 4 N–H and O–H groups in total. The molecule has 0 aliphatic heterocycles. The Morgan fingerprint density at radius 3 is 1.35 bits per heavy atom. The van der Waals surface area contributed by atoms with E-state index in [-0.39, 0.29) is 11.1 Å². The van der Waals surface area contributed by atoms with E-state index in [1.807, 2.05) is 0 Å². The van der Waals surface area contributed by atoms with Gasteiger partial charge in [0.1, 0.15) is 0 Å². The quantitative estimate of drug-likeness (QED) is 0.449. The molecule has 92 valence electrons. The molecule has 8 heteroatoms. The van der Waals surface area contributed by atoms with Gasteiger partial charge in [-0.15, -0.1) is 0 Å². The first-order valence-electron chi connectivity index (χ1n) is 4.00. The van der Waals surface area contributed by atoms with Crippen LogP contribution in [0.3, 0.4) is 0 Å². The molecule has 0 bridgehead atoms. The third-order valence-electron chi connectivity index (χ3n) is 1.47. The molecule has 0 unspecified atom stereocenters. The number of carboxylic acid groups (broad SMARTS) is 3. The van der Waals surface area contributed by atoms with Crippen LogP contribution in [0.15, 0.2) is 24.3 Å². The van der Waals surface area contributed by atoms with Gasteiger partial charge in [0.2, 0.25) is 0 Å². The van der Waals surface area contributed by atoms with Gasteiger partial charge in [-0.3, -0.25) is 4.89 Å². The van der Waals surface area contributed by atoms with E-state index in [0.717, 1.165) is 0 Å². The Morgan fingerprint density at radius 1 is 0.882 bits per heavy atom. The van der Waals surface area contributed by atoms with Crippen molar-refractivity contribution >= 4 is 18.1 Å². The zero-order chi connectivity index (χ0) is 13.4. The maximum atomic E-state index is 10.5. The van der Waals surface area contributed by atoms with Gasteiger partial charge in [-0.05, 0) is 12.1 Å². The van der Waals surface area contributed by atoms with Crippen molar-refractivity contribution < 1.29 is 39.8 Å². The van der Waals surface area contributed by atoms with E-state index in [4.69, 9.17) is 25.4 Å². The Morgan fingerprint density at radius 2 is 1.18 bits per heavy atom. The number of hydrogen-bond donors (Lipinski definition) is 4. The summed E-state index contributed by atoms with van der Waals surface area (Å²) in [6.45, 7) is 0. The van der Waals surface area contributed by atoms with Gasteiger partial charge in [0.25, 0.3) is 0 Å². The van der Waals surface area contributed by atoms with Crippen molar-refractivity contribution in [2.75, 3.05) is 0 Å². The maximum absolute atomic E-state index is 10.5. The summed E-state index contributed by atoms with van der Waals surface area (Å²) in [5, 5.41) is 31.4. The van der Waals surface area contributed by atoms with E-state index in [2.05, 4.69) is 4.89 Å². The molecule has 0 heterocycles. The molecule has 0 aliphatic rings. The highest BCUT2D eigenvalue weighted by Crippen LogP contribution is 2.07. The molecular formula is C9H8O8. The highest BCUT2D eigenvalue weighted by Gasteiger charge is 2.13. The summed E-state index contributed by atoms with van der Waals surface area (Å²) >= 11 is 0. The third kappa shape index (κ3) is 5.14. The standard InChI is InChI=1S/C8H6O4.CH2O4/c9-7(10)5-3-1-2-4-6(5)8(11)12;2-1(3)5-4/h1-4H,(H,9,10)(H,11,12);4H,(H,2,3). The lowest BCUT2D eigenvalue weighted by molar-refractivity contribution is -0.194. The lowest BCUT2D eigenvalue weighted by Gasteiger charge is -1.98. The van der Waals surface area contributed by atoms with E-state index < -0.39 is 18.1 Å². The summed E-state index contributed by atoms with van der Waals surface area (Å²) in [5.41, 5.74) is -0.380. The average Bonchev–Trinajstić information content (AvgIpc) is 2.29. The fraction of sp³-hybridized carbons (Fsp3) is 0. The second kappa shape index (κ2) is 6.80. The van der Waals surface area contributed by atoms with Gasteiger partial charge < -0.3 is 15.3 Å². The molecule has 0 fully saturated rings. The molecule has 1 rings (SSSR count). The van der Waals surface area contributed by atoms with Gasteiger partial charge in [0, 0.05) is 0 Å². The van der Waals surface area contributed by atoms with Crippen LogP contribution >= 0.6 is 0 Å². The van der Waals surface area contributed by atoms with Crippen LogP contribution in [-0.4, -0.2) is 38.7 Å². The van der Waals surface area contributed by atoms with Crippen molar-refractivity contribution in [2.24, 2.45) is 0 Å². The SMILES string of the molecule is O=C(O)OO.O=C(O)c1ccccc1C(=O)O. The molecule has 0 aliphatic carbocycles. The van der Waals surface area contributed by atoms with Crippen LogP contribution in [0, 0.1) is 0 Å². The van der Waals surface area contributed by atoms with E-state index in [9.17, 15) is 9.59 Å². The topological polar surface area (TPSA) is 141 Å². The van der Waals surface area contributed by atoms with Gasteiger partial charge >= 0.3 is 18.1 Å². The largest absolute Gasteiger partial charge is 0.537 e. The van der Waals surface area contributed by atoms with E-state index in [0.29, 0.717) is 0 Å². The number of benzene rings is 1. The van der Waals surface area contributed by atoms with Crippen LogP contribution in [0.2, 0.25) is 0 Å². The van der Waals surface area contributed by atoms with Gasteiger partial charge in [-0.25, -0.2) is 14.4 Å². The molecule has 0 radical (unpaired) electrons. The fourth-order valence-corrected chi connectivity index (χ4v) is 0.856. The van der Waals surface area contributed by atoms with Crippen LogP contribution < -0.4 is 0 Å².